The maximum atomic E-state index is 12.5. The van der Waals surface area contributed by atoms with Gasteiger partial charge in [0, 0.05) is 28.1 Å². The zero-order valence-electron chi connectivity index (χ0n) is 13.2. The molecule has 2 aromatic carbocycles. The Labute approximate surface area is 152 Å². The van der Waals surface area contributed by atoms with Gasteiger partial charge in [-0.25, -0.2) is 0 Å². The van der Waals surface area contributed by atoms with Crippen LogP contribution in [0.3, 0.4) is 0 Å². The molecule has 0 unspecified atom stereocenters. The van der Waals surface area contributed by atoms with Crippen LogP contribution in [-0.2, 0) is 0 Å². The average molecular weight is 379 g/mol. The minimum Gasteiger partial charge on any atom is -0.451 e. The van der Waals surface area contributed by atoms with E-state index in [4.69, 9.17) is 27.6 Å². The third kappa shape index (κ3) is 3.18. The summed E-state index contributed by atoms with van der Waals surface area (Å²) in [5.74, 6) is -0.371. The minimum atomic E-state index is -0.563. The Morgan fingerprint density at radius 1 is 1.16 bits per heavy atom. The van der Waals surface area contributed by atoms with Crippen molar-refractivity contribution in [1.82, 2.24) is 0 Å². The number of furan rings is 1. The standard InChI is InChI=1S/C17H12Cl2N2O4/c1-8-5-15-11(7-12(8)18)9(2)16(25-15)17(22)20-14-4-3-10(21(23)24)6-13(14)19/h3-7H,1-2H3,(H,20,22). The molecule has 1 aromatic heterocycles. The summed E-state index contributed by atoms with van der Waals surface area (Å²) < 4.78 is 5.65. The summed E-state index contributed by atoms with van der Waals surface area (Å²) in [6, 6.07) is 7.32. The summed E-state index contributed by atoms with van der Waals surface area (Å²) >= 11 is 12.1. The van der Waals surface area contributed by atoms with E-state index >= 15 is 0 Å². The van der Waals surface area contributed by atoms with E-state index in [1.807, 2.05) is 6.92 Å². The van der Waals surface area contributed by atoms with Crippen LogP contribution >= 0.6 is 23.2 Å². The van der Waals surface area contributed by atoms with E-state index in [-0.39, 0.29) is 22.2 Å². The Morgan fingerprint density at radius 2 is 1.88 bits per heavy atom. The molecule has 0 bridgehead atoms. The number of nitrogens with zero attached hydrogens (tertiary/aromatic N) is 1. The van der Waals surface area contributed by atoms with E-state index in [2.05, 4.69) is 5.32 Å². The summed E-state index contributed by atoms with van der Waals surface area (Å²) in [7, 11) is 0. The fourth-order valence-electron chi connectivity index (χ4n) is 2.46. The van der Waals surface area contributed by atoms with E-state index in [9.17, 15) is 14.9 Å². The van der Waals surface area contributed by atoms with Crippen LogP contribution in [0.1, 0.15) is 21.7 Å². The van der Waals surface area contributed by atoms with Gasteiger partial charge in [-0.05, 0) is 37.6 Å². The second-order valence-electron chi connectivity index (χ2n) is 5.53. The summed E-state index contributed by atoms with van der Waals surface area (Å²) in [4.78, 5) is 22.7. The molecule has 128 valence electrons. The number of aryl methyl sites for hydroxylation is 2. The number of non-ortho nitro benzene ring substituents is 1. The van der Waals surface area contributed by atoms with Crippen molar-refractivity contribution in [1.29, 1.82) is 0 Å². The number of carbonyl (C=O) groups excluding carboxylic acids is 1. The molecule has 25 heavy (non-hydrogen) atoms. The number of fused-ring (bicyclic) bond motifs is 1. The van der Waals surface area contributed by atoms with Crippen molar-refractivity contribution in [2.75, 3.05) is 5.32 Å². The topological polar surface area (TPSA) is 85.4 Å². The van der Waals surface area contributed by atoms with Crippen molar-refractivity contribution in [2.45, 2.75) is 13.8 Å². The third-order valence-electron chi connectivity index (χ3n) is 3.84. The monoisotopic (exact) mass is 378 g/mol. The lowest BCUT2D eigenvalue weighted by Gasteiger charge is -2.06. The Balaban J connectivity index is 1.95. The molecule has 0 spiro atoms. The van der Waals surface area contributed by atoms with Crippen LogP contribution in [0.5, 0.6) is 0 Å². The third-order valence-corrected chi connectivity index (χ3v) is 4.56. The molecule has 3 aromatic rings. The van der Waals surface area contributed by atoms with Gasteiger partial charge < -0.3 is 9.73 Å². The minimum absolute atomic E-state index is 0.0650. The van der Waals surface area contributed by atoms with Gasteiger partial charge in [0.05, 0.1) is 15.6 Å². The highest BCUT2D eigenvalue weighted by atomic mass is 35.5. The molecule has 0 atom stereocenters. The molecule has 0 saturated carbocycles. The second-order valence-corrected chi connectivity index (χ2v) is 6.34. The van der Waals surface area contributed by atoms with Crippen LogP contribution in [0, 0.1) is 24.0 Å². The molecule has 3 rings (SSSR count). The van der Waals surface area contributed by atoms with Crippen molar-refractivity contribution < 1.29 is 14.1 Å². The van der Waals surface area contributed by atoms with Crippen LogP contribution in [0.25, 0.3) is 11.0 Å². The quantitative estimate of drug-likeness (QED) is 0.480. The second kappa shape index (κ2) is 6.38. The molecule has 0 aliphatic carbocycles. The molecule has 0 radical (unpaired) electrons. The van der Waals surface area contributed by atoms with E-state index in [0.29, 0.717) is 16.2 Å². The van der Waals surface area contributed by atoms with Crippen molar-refractivity contribution in [3.05, 3.63) is 67.4 Å². The van der Waals surface area contributed by atoms with Crippen LogP contribution in [0.2, 0.25) is 10.0 Å². The highest BCUT2D eigenvalue weighted by molar-refractivity contribution is 6.34. The van der Waals surface area contributed by atoms with E-state index in [1.165, 1.54) is 18.2 Å². The lowest BCUT2D eigenvalue weighted by molar-refractivity contribution is -0.384. The van der Waals surface area contributed by atoms with Gasteiger partial charge in [-0.1, -0.05) is 23.2 Å². The number of hydrogen-bond acceptors (Lipinski definition) is 4. The summed E-state index contributed by atoms with van der Waals surface area (Å²) in [6.07, 6.45) is 0. The first-order valence-corrected chi connectivity index (χ1v) is 7.98. The van der Waals surface area contributed by atoms with Gasteiger partial charge in [0.25, 0.3) is 11.6 Å². The number of benzene rings is 2. The fourth-order valence-corrected chi connectivity index (χ4v) is 2.84. The van der Waals surface area contributed by atoms with Gasteiger partial charge in [0.2, 0.25) is 0 Å². The first-order valence-electron chi connectivity index (χ1n) is 7.22. The largest absolute Gasteiger partial charge is 0.451 e. The summed E-state index contributed by atoms with van der Waals surface area (Å²) in [5, 5.41) is 14.7. The van der Waals surface area contributed by atoms with Gasteiger partial charge in [0.1, 0.15) is 5.58 Å². The number of carbonyl (C=O) groups is 1. The SMILES string of the molecule is Cc1cc2oc(C(=O)Nc3ccc([N+](=O)[O-])cc3Cl)c(C)c2cc1Cl. The normalized spacial score (nSPS) is 10.9. The number of hydrogen-bond donors (Lipinski definition) is 1. The molecule has 8 heteroatoms. The van der Waals surface area contributed by atoms with Crippen molar-refractivity contribution in [3.8, 4) is 0 Å². The number of anilines is 1. The molecule has 0 saturated heterocycles. The van der Waals surface area contributed by atoms with Crippen molar-refractivity contribution >= 4 is 51.5 Å². The molecule has 0 aliphatic rings. The number of rotatable bonds is 3. The van der Waals surface area contributed by atoms with Crippen molar-refractivity contribution in [3.63, 3.8) is 0 Å². The van der Waals surface area contributed by atoms with E-state index < -0.39 is 10.8 Å². The lowest BCUT2D eigenvalue weighted by atomic mass is 10.1. The van der Waals surface area contributed by atoms with E-state index in [1.54, 1.807) is 19.1 Å². The predicted octanol–water partition coefficient (Wildman–Crippen LogP) is 5.52. The maximum absolute atomic E-state index is 12.5. The highest BCUT2D eigenvalue weighted by Crippen LogP contribution is 2.32. The Bertz CT molecular complexity index is 1030. The van der Waals surface area contributed by atoms with E-state index in [0.717, 1.165) is 10.9 Å². The number of halogens is 2. The molecule has 1 amide bonds. The summed E-state index contributed by atoms with van der Waals surface area (Å²) in [5.41, 5.74) is 2.14. The van der Waals surface area contributed by atoms with Crippen LogP contribution in [0.15, 0.2) is 34.7 Å². The smallest absolute Gasteiger partial charge is 0.291 e. The maximum Gasteiger partial charge on any atom is 0.291 e. The Hall–Kier alpha value is -2.57. The van der Waals surface area contributed by atoms with Crippen LogP contribution in [0.4, 0.5) is 11.4 Å². The molecule has 1 N–H and O–H groups in total. The molecular weight excluding hydrogens is 367 g/mol. The zero-order chi connectivity index (χ0) is 18.3. The van der Waals surface area contributed by atoms with Gasteiger partial charge in [-0.2, -0.15) is 0 Å². The van der Waals surface area contributed by atoms with Gasteiger partial charge in [-0.15, -0.1) is 0 Å². The molecule has 0 fully saturated rings. The van der Waals surface area contributed by atoms with Crippen LogP contribution in [-0.4, -0.2) is 10.8 Å². The highest BCUT2D eigenvalue weighted by Gasteiger charge is 2.20. The lowest BCUT2D eigenvalue weighted by Crippen LogP contribution is -2.12. The van der Waals surface area contributed by atoms with Gasteiger partial charge in [-0.3, -0.25) is 14.9 Å². The van der Waals surface area contributed by atoms with Crippen molar-refractivity contribution in [2.24, 2.45) is 0 Å². The molecule has 1 heterocycles. The molecular formula is C17H12Cl2N2O4. The summed E-state index contributed by atoms with van der Waals surface area (Å²) in [6.45, 7) is 3.60. The van der Waals surface area contributed by atoms with Gasteiger partial charge >= 0.3 is 0 Å². The first-order chi connectivity index (χ1) is 11.8. The number of nitrogens with one attached hydrogen (secondary N) is 1. The van der Waals surface area contributed by atoms with Crippen LogP contribution < -0.4 is 5.32 Å². The Kier molecular flexibility index (Phi) is 4.41. The Morgan fingerprint density at radius 3 is 2.52 bits per heavy atom. The number of nitro benzene ring substituents is 1. The van der Waals surface area contributed by atoms with Gasteiger partial charge in [0.15, 0.2) is 5.76 Å². The zero-order valence-corrected chi connectivity index (χ0v) is 14.7. The predicted molar refractivity (Wildman–Crippen MR) is 96.8 cm³/mol. The molecule has 0 aliphatic heterocycles. The number of nitro groups is 1. The first kappa shape index (κ1) is 17.3. The average Bonchev–Trinajstić information content (AvgIpc) is 2.86. The number of amides is 1. The molecule has 6 nitrogen and oxygen atoms in total. The fraction of sp³-hybridized carbons (Fsp3) is 0.118.